The molecule has 57 heavy (non-hydrogen) atoms. The average molecular weight is 803 g/mol. The number of aromatic nitrogens is 1. The molecule has 1 fully saturated rings. The van der Waals surface area contributed by atoms with Crippen LogP contribution in [0.4, 0.5) is 4.79 Å². The Morgan fingerprint density at radius 1 is 0.947 bits per heavy atom. The lowest BCUT2D eigenvalue weighted by molar-refractivity contribution is -0.143. The zero-order valence-corrected chi connectivity index (χ0v) is 31.2. The van der Waals surface area contributed by atoms with Gasteiger partial charge in [-0.3, -0.25) is 38.4 Å². The minimum atomic E-state index is -1.78. The molecule has 1 aliphatic heterocycles. The van der Waals surface area contributed by atoms with Crippen molar-refractivity contribution in [2.45, 2.75) is 69.2 Å². The molecule has 23 heteroatoms. The monoisotopic (exact) mass is 802 g/mol. The lowest BCUT2D eigenvalue weighted by Crippen LogP contribution is -2.61. The molecule has 0 saturated carbocycles. The fraction of sp³-hybridized carbons (Fsp3) is 0.500. The molecule has 0 radical (unpaired) electrons. The van der Waals surface area contributed by atoms with Crippen molar-refractivity contribution >= 4 is 64.3 Å². The van der Waals surface area contributed by atoms with Crippen LogP contribution in [0, 0.1) is 0 Å². The second-order valence-corrected chi connectivity index (χ2v) is 13.2. The normalized spacial score (nSPS) is 20.1. The number of primary amides is 1. The summed E-state index contributed by atoms with van der Waals surface area (Å²) in [6, 6.07) is -1.21. The maximum absolute atomic E-state index is 13.7. The van der Waals surface area contributed by atoms with Gasteiger partial charge in [0.1, 0.15) is 37.3 Å². The molecule has 23 nitrogen and oxygen atoms in total. The number of para-hydroxylation sites is 1. The van der Waals surface area contributed by atoms with Crippen LogP contribution in [-0.2, 0) is 44.8 Å². The first-order chi connectivity index (χ1) is 27.0. The maximum atomic E-state index is 13.7. The van der Waals surface area contributed by atoms with Crippen molar-refractivity contribution in [1.82, 2.24) is 46.7 Å². The lowest BCUT2D eigenvalue weighted by atomic mass is 10.0. The molecule has 312 valence electrons. The standard InChI is InChI=1S/C34H50N12O11/c1-18(29(37)52)41-26(48)13-46-17-40-34(57)39-16-45(32(55)21(36)10-19-12-38-22-7-3-2-6-20(19)22)14-27(49)42-24(11-28(50)51)31(54)43-23(8-4-5-9-35)30(53)44-25(15-47)33(46)56/h2-3,6-7,12,18,21,23-25,38,47H,4-5,8-11,13-17,35-36H2,1H3,(H2,37,52)(H,41,48)(H,42,49)(H,43,54)(H,44,53)(H,50,51)(H2,39,40,57)/t18-,21-,23-,24-,25-/m0/s1. The molecule has 9 amide bonds. The number of aliphatic hydroxyl groups excluding tert-OH is 1. The average Bonchev–Trinajstić information content (AvgIpc) is 3.57. The summed E-state index contributed by atoms with van der Waals surface area (Å²) in [6.07, 6.45) is 1.28. The number of nitrogens with zero attached hydrogens (tertiary/aromatic N) is 2. The minimum Gasteiger partial charge on any atom is -0.481 e. The van der Waals surface area contributed by atoms with Crippen LogP contribution in [0.25, 0.3) is 10.9 Å². The highest BCUT2D eigenvalue weighted by atomic mass is 16.4. The van der Waals surface area contributed by atoms with Crippen LogP contribution in [0.15, 0.2) is 30.5 Å². The van der Waals surface area contributed by atoms with E-state index in [1.54, 1.807) is 12.3 Å². The first-order valence-electron chi connectivity index (χ1n) is 18.0. The highest BCUT2D eigenvalue weighted by Crippen LogP contribution is 2.19. The van der Waals surface area contributed by atoms with Gasteiger partial charge in [0, 0.05) is 17.1 Å². The van der Waals surface area contributed by atoms with E-state index in [0.29, 0.717) is 12.0 Å². The Bertz CT molecular complexity index is 1800. The van der Waals surface area contributed by atoms with Gasteiger partial charge < -0.3 is 74.1 Å². The largest absolute Gasteiger partial charge is 0.481 e. The summed E-state index contributed by atoms with van der Waals surface area (Å²) in [5.74, 6) is -8.37. The number of aromatic amines is 1. The van der Waals surface area contributed by atoms with Gasteiger partial charge in [-0.05, 0) is 50.8 Å². The molecule has 1 aromatic heterocycles. The summed E-state index contributed by atoms with van der Waals surface area (Å²) >= 11 is 0. The van der Waals surface area contributed by atoms with Crippen LogP contribution in [0.5, 0.6) is 0 Å². The predicted molar refractivity (Wildman–Crippen MR) is 200 cm³/mol. The van der Waals surface area contributed by atoms with Crippen molar-refractivity contribution < 1.29 is 53.4 Å². The Balaban J connectivity index is 1.98. The van der Waals surface area contributed by atoms with E-state index in [9.17, 15) is 53.4 Å². The first-order valence-corrected chi connectivity index (χ1v) is 18.0. The van der Waals surface area contributed by atoms with Crippen LogP contribution >= 0.6 is 0 Å². The van der Waals surface area contributed by atoms with E-state index in [4.69, 9.17) is 17.2 Å². The molecule has 0 spiro atoms. The van der Waals surface area contributed by atoms with Gasteiger partial charge in [-0.15, -0.1) is 0 Å². The van der Waals surface area contributed by atoms with E-state index < -0.39 is 123 Å². The van der Waals surface area contributed by atoms with Crippen molar-refractivity contribution in [1.29, 1.82) is 0 Å². The molecule has 0 unspecified atom stereocenters. The first kappa shape index (κ1) is 45.1. The highest BCUT2D eigenvalue weighted by Gasteiger charge is 2.34. The van der Waals surface area contributed by atoms with Gasteiger partial charge in [-0.25, -0.2) is 4.79 Å². The number of nitrogens with one attached hydrogen (secondary N) is 7. The van der Waals surface area contributed by atoms with E-state index in [0.717, 1.165) is 20.7 Å². The Kier molecular flexibility index (Phi) is 17.1. The van der Waals surface area contributed by atoms with Crippen LogP contribution in [0.3, 0.4) is 0 Å². The third-order valence-electron chi connectivity index (χ3n) is 8.80. The zero-order valence-electron chi connectivity index (χ0n) is 31.2. The van der Waals surface area contributed by atoms with Crippen molar-refractivity contribution in [3.63, 3.8) is 0 Å². The van der Waals surface area contributed by atoms with Crippen molar-refractivity contribution in [3.8, 4) is 0 Å². The summed E-state index contributed by atoms with van der Waals surface area (Å²) in [5, 5.41) is 34.4. The Morgan fingerprint density at radius 3 is 2.28 bits per heavy atom. The summed E-state index contributed by atoms with van der Waals surface area (Å²) in [4.78, 5) is 122. The highest BCUT2D eigenvalue weighted by molar-refractivity contribution is 5.97. The Morgan fingerprint density at radius 2 is 1.61 bits per heavy atom. The number of amides is 9. The fourth-order valence-corrected chi connectivity index (χ4v) is 5.72. The predicted octanol–water partition coefficient (Wildman–Crippen LogP) is -5.04. The number of carboxylic acid groups (broad SMARTS) is 1. The van der Waals surface area contributed by atoms with Gasteiger partial charge in [-0.1, -0.05) is 18.2 Å². The van der Waals surface area contributed by atoms with Crippen molar-refractivity contribution in [3.05, 3.63) is 36.0 Å². The zero-order chi connectivity index (χ0) is 42.2. The van der Waals surface area contributed by atoms with E-state index in [1.165, 1.54) is 6.92 Å². The molecule has 15 N–H and O–H groups in total. The maximum Gasteiger partial charge on any atom is 0.317 e. The topological polar surface area (TPSA) is 367 Å². The van der Waals surface area contributed by atoms with Crippen LogP contribution in [0.2, 0.25) is 0 Å². The smallest absolute Gasteiger partial charge is 0.317 e. The molecular weight excluding hydrogens is 752 g/mol. The van der Waals surface area contributed by atoms with Crippen LogP contribution in [0.1, 0.15) is 38.2 Å². The molecule has 3 rings (SSSR count). The molecule has 5 atom stereocenters. The van der Waals surface area contributed by atoms with Gasteiger partial charge in [0.25, 0.3) is 0 Å². The van der Waals surface area contributed by atoms with Gasteiger partial charge in [0.15, 0.2) is 0 Å². The summed E-state index contributed by atoms with van der Waals surface area (Å²) in [7, 11) is 0. The summed E-state index contributed by atoms with van der Waals surface area (Å²) in [5.41, 5.74) is 18.6. The molecule has 2 heterocycles. The molecule has 1 aliphatic rings. The molecule has 1 aromatic carbocycles. The van der Waals surface area contributed by atoms with E-state index in [1.807, 2.05) is 18.2 Å². The number of aliphatic carboxylic acids is 1. The SMILES string of the molecule is C[C@H](NC(=O)CN1CNC(=O)NCN(C(=O)[C@@H](N)Cc2c[nH]c3ccccc23)CC(=O)N[C@@H](CC(=O)O)C(=O)N[C@@H](CCCCN)C(=O)N[C@@H](CO)C1=O)C(N)=O. The molecular formula is C34H50N12O11. The Hall–Kier alpha value is -6.33. The number of carbonyl (C=O) groups is 9. The second kappa shape index (κ2) is 21.7. The number of unbranched alkanes of at least 4 members (excludes halogenated alkanes) is 1. The van der Waals surface area contributed by atoms with Gasteiger partial charge >= 0.3 is 12.0 Å². The third kappa shape index (κ3) is 13.7. The number of urea groups is 1. The number of rotatable bonds is 14. The van der Waals surface area contributed by atoms with Gasteiger partial charge in [0.2, 0.25) is 41.4 Å². The number of hydrogen-bond acceptors (Lipinski definition) is 12. The van der Waals surface area contributed by atoms with Crippen molar-refractivity contribution in [2.24, 2.45) is 17.2 Å². The number of carboxylic acids is 1. The summed E-state index contributed by atoms with van der Waals surface area (Å²) in [6.45, 7) is -2.57. The molecule has 0 aliphatic carbocycles. The fourth-order valence-electron chi connectivity index (χ4n) is 5.72. The number of aliphatic hydroxyl groups is 1. The number of nitrogens with two attached hydrogens (primary N) is 3. The molecule has 2 aromatic rings. The van der Waals surface area contributed by atoms with Crippen LogP contribution in [-0.4, -0.2) is 148 Å². The number of benzene rings is 1. The number of H-pyrrole nitrogens is 1. The number of fused-ring (bicyclic) bond motifs is 1. The quantitative estimate of drug-likeness (QED) is 0.0797. The number of carbonyl (C=O) groups excluding carboxylic acids is 8. The molecule has 0 bridgehead atoms. The third-order valence-corrected chi connectivity index (χ3v) is 8.80. The molecule has 1 saturated heterocycles. The van der Waals surface area contributed by atoms with Gasteiger partial charge in [-0.2, -0.15) is 0 Å². The van der Waals surface area contributed by atoms with Crippen molar-refractivity contribution in [2.75, 3.05) is 39.6 Å². The van der Waals surface area contributed by atoms with Crippen LogP contribution < -0.4 is 49.1 Å². The van der Waals surface area contributed by atoms with E-state index >= 15 is 0 Å². The van der Waals surface area contributed by atoms with E-state index in [-0.39, 0.29) is 25.8 Å². The second-order valence-electron chi connectivity index (χ2n) is 13.2. The van der Waals surface area contributed by atoms with Gasteiger partial charge in [0.05, 0.1) is 32.4 Å². The Labute approximate surface area is 326 Å². The van der Waals surface area contributed by atoms with E-state index in [2.05, 4.69) is 36.9 Å². The lowest BCUT2D eigenvalue weighted by Gasteiger charge is -2.30. The summed E-state index contributed by atoms with van der Waals surface area (Å²) < 4.78 is 0. The number of hydrogen-bond donors (Lipinski definition) is 12. The minimum absolute atomic E-state index is 0.00958.